The maximum atomic E-state index is 12.4. The maximum absolute atomic E-state index is 12.4. The van der Waals surface area contributed by atoms with Crippen molar-refractivity contribution < 1.29 is 4.79 Å². The van der Waals surface area contributed by atoms with Crippen molar-refractivity contribution in [3.63, 3.8) is 0 Å². The first kappa shape index (κ1) is 22.4. The van der Waals surface area contributed by atoms with Crippen molar-refractivity contribution in [2.75, 3.05) is 13.1 Å². The lowest BCUT2D eigenvalue weighted by Gasteiger charge is -2.32. The molecular weight excluding hydrogens is 442 g/mol. The molecule has 3 aromatic rings. The molecule has 0 aliphatic carbocycles. The van der Waals surface area contributed by atoms with Crippen LogP contribution in [0.3, 0.4) is 0 Å². The smallest absolute Gasteiger partial charge is 0.220 e. The van der Waals surface area contributed by atoms with E-state index in [-0.39, 0.29) is 11.9 Å². The van der Waals surface area contributed by atoms with Crippen LogP contribution < -0.4 is 5.32 Å². The number of benzene rings is 1. The number of carbonyl (C=O) groups is 1. The fourth-order valence-corrected chi connectivity index (χ4v) is 4.02. The van der Waals surface area contributed by atoms with Gasteiger partial charge in [-0.25, -0.2) is 0 Å². The molecule has 1 fully saturated rings. The Balaban J connectivity index is 0.00000124. The van der Waals surface area contributed by atoms with E-state index in [0.29, 0.717) is 12.8 Å². The van der Waals surface area contributed by atoms with Crippen LogP contribution in [-0.2, 0) is 17.8 Å². The van der Waals surface area contributed by atoms with Crippen molar-refractivity contribution in [2.45, 2.75) is 52.1 Å². The molecule has 0 atom stereocenters. The van der Waals surface area contributed by atoms with Gasteiger partial charge in [0.25, 0.3) is 0 Å². The summed E-state index contributed by atoms with van der Waals surface area (Å²) >= 11 is 3.46. The summed E-state index contributed by atoms with van der Waals surface area (Å²) in [6.45, 7) is 7.02. The Bertz CT molecular complexity index is 935. The summed E-state index contributed by atoms with van der Waals surface area (Å²) in [4.78, 5) is 14.8. The van der Waals surface area contributed by atoms with E-state index in [9.17, 15) is 4.79 Å². The fraction of sp³-hybridized carbons (Fsp3) is 0.435. The van der Waals surface area contributed by atoms with Crippen LogP contribution in [0.4, 0.5) is 0 Å². The van der Waals surface area contributed by atoms with Crippen LogP contribution >= 0.6 is 15.9 Å². The molecule has 4 rings (SSSR count). The minimum Gasteiger partial charge on any atom is -0.353 e. The molecule has 1 saturated heterocycles. The predicted molar refractivity (Wildman–Crippen MR) is 123 cm³/mol. The fourth-order valence-electron chi connectivity index (χ4n) is 3.68. The maximum Gasteiger partial charge on any atom is 0.220 e. The van der Waals surface area contributed by atoms with E-state index in [0.717, 1.165) is 48.4 Å². The van der Waals surface area contributed by atoms with Gasteiger partial charge in [0, 0.05) is 49.2 Å². The van der Waals surface area contributed by atoms with Crippen LogP contribution in [0, 0.1) is 0 Å². The number of likely N-dealkylation sites (tertiary alicyclic amines) is 1. The normalized spacial score (nSPS) is 14.9. The molecule has 0 spiro atoms. The number of carbonyl (C=O) groups excluding carboxylic acids is 1. The molecule has 2 aromatic heterocycles. The average molecular weight is 472 g/mol. The predicted octanol–water partition coefficient (Wildman–Crippen LogP) is 4.23. The number of hydrogen-bond donors (Lipinski definition) is 1. The third kappa shape index (κ3) is 6.12. The zero-order valence-corrected chi connectivity index (χ0v) is 19.3. The molecule has 0 radical (unpaired) electrons. The number of amides is 1. The first-order valence-corrected chi connectivity index (χ1v) is 11.5. The number of nitrogens with one attached hydrogen (secondary N) is 1. The molecule has 0 saturated carbocycles. The lowest BCUT2D eigenvalue weighted by Crippen LogP contribution is -2.44. The van der Waals surface area contributed by atoms with Crippen molar-refractivity contribution in [3.05, 3.63) is 64.5 Å². The van der Waals surface area contributed by atoms with Gasteiger partial charge in [-0.2, -0.15) is 0 Å². The van der Waals surface area contributed by atoms with Crippen LogP contribution in [0.1, 0.15) is 44.5 Å². The number of aryl methyl sites for hydroxylation is 1. The third-order valence-electron chi connectivity index (χ3n) is 5.21. The molecule has 160 valence electrons. The van der Waals surface area contributed by atoms with Crippen molar-refractivity contribution >= 4 is 27.5 Å². The van der Waals surface area contributed by atoms with Crippen LogP contribution in [0.25, 0.3) is 5.65 Å². The Labute approximate surface area is 186 Å². The monoisotopic (exact) mass is 471 g/mol. The Morgan fingerprint density at radius 1 is 1.10 bits per heavy atom. The van der Waals surface area contributed by atoms with Gasteiger partial charge in [-0.05, 0) is 46.5 Å². The Kier molecular flexibility index (Phi) is 8.39. The molecular formula is C23H30BrN5O. The average Bonchev–Trinajstić information content (AvgIpc) is 3.18. The third-order valence-corrected chi connectivity index (χ3v) is 5.68. The van der Waals surface area contributed by atoms with Crippen LogP contribution in [0.15, 0.2) is 53.1 Å². The van der Waals surface area contributed by atoms with Gasteiger partial charge in [0.05, 0.1) is 0 Å². The van der Waals surface area contributed by atoms with E-state index >= 15 is 0 Å². The second-order valence-corrected chi connectivity index (χ2v) is 8.21. The highest BCUT2D eigenvalue weighted by Gasteiger charge is 2.21. The molecule has 1 N–H and O–H groups in total. The van der Waals surface area contributed by atoms with Crippen LogP contribution in [-0.4, -0.2) is 44.5 Å². The molecule has 30 heavy (non-hydrogen) atoms. The van der Waals surface area contributed by atoms with Gasteiger partial charge in [0.15, 0.2) is 5.65 Å². The summed E-state index contributed by atoms with van der Waals surface area (Å²) in [5.74, 6) is 0.900. The number of aromatic nitrogens is 3. The minimum atomic E-state index is 0.0910. The van der Waals surface area contributed by atoms with Gasteiger partial charge >= 0.3 is 0 Å². The number of halogens is 1. The van der Waals surface area contributed by atoms with E-state index in [1.807, 2.05) is 42.6 Å². The van der Waals surface area contributed by atoms with E-state index in [1.165, 1.54) is 5.56 Å². The summed E-state index contributed by atoms with van der Waals surface area (Å²) < 4.78 is 2.90. The summed E-state index contributed by atoms with van der Waals surface area (Å²) in [6, 6.07) is 14.7. The first-order chi connectivity index (χ1) is 14.7. The second kappa shape index (κ2) is 11.2. The second-order valence-electron chi connectivity index (χ2n) is 7.30. The SMILES string of the molecule is CC.O=C(CCc1nnc2ccc(Br)cn12)NC1CCN(Cc2ccccc2)CC1. The minimum absolute atomic E-state index is 0.0910. The Morgan fingerprint density at radius 3 is 2.57 bits per heavy atom. The molecule has 3 heterocycles. The largest absolute Gasteiger partial charge is 0.353 e. The molecule has 1 aliphatic heterocycles. The van der Waals surface area contributed by atoms with Crippen LogP contribution in [0.5, 0.6) is 0 Å². The van der Waals surface area contributed by atoms with Gasteiger partial charge in [-0.15, -0.1) is 10.2 Å². The van der Waals surface area contributed by atoms with E-state index in [1.54, 1.807) is 0 Å². The quantitative estimate of drug-likeness (QED) is 0.583. The highest BCUT2D eigenvalue weighted by molar-refractivity contribution is 9.10. The number of piperidine rings is 1. The zero-order valence-electron chi connectivity index (χ0n) is 17.7. The number of nitrogens with zero attached hydrogens (tertiary/aromatic N) is 4. The topological polar surface area (TPSA) is 62.5 Å². The van der Waals surface area contributed by atoms with Gasteiger partial charge in [-0.1, -0.05) is 44.2 Å². The summed E-state index contributed by atoms with van der Waals surface area (Å²) in [5, 5.41) is 11.6. The zero-order chi connectivity index (χ0) is 21.3. The Hall–Kier alpha value is -2.25. The van der Waals surface area contributed by atoms with E-state index in [4.69, 9.17) is 0 Å². The molecule has 0 unspecified atom stereocenters. The number of rotatable bonds is 6. The molecule has 1 aromatic carbocycles. The Morgan fingerprint density at radius 2 is 1.83 bits per heavy atom. The number of pyridine rings is 1. The van der Waals surface area contributed by atoms with Gasteiger partial charge in [0.2, 0.25) is 5.91 Å². The first-order valence-electron chi connectivity index (χ1n) is 10.7. The number of hydrogen-bond acceptors (Lipinski definition) is 4. The van der Waals surface area contributed by atoms with Crippen molar-refractivity contribution in [3.8, 4) is 0 Å². The molecule has 7 heteroatoms. The molecule has 1 amide bonds. The molecule has 1 aliphatic rings. The van der Waals surface area contributed by atoms with Gasteiger partial charge in [-0.3, -0.25) is 14.1 Å². The van der Waals surface area contributed by atoms with Gasteiger partial charge in [0.1, 0.15) is 5.82 Å². The van der Waals surface area contributed by atoms with Crippen molar-refractivity contribution in [2.24, 2.45) is 0 Å². The lowest BCUT2D eigenvalue weighted by molar-refractivity contribution is -0.122. The summed E-state index contributed by atoms with van der Waals surface area (Å²) in [6.07, 6.45) is 4.94. The summed E-state index contributed by atoms with van der Waals surface area (Å²) in [5.41, 5.74) is 2.14. The van der Waals surface area contributed by atoms with Crippen molar-refractivity contribution in [1.82, 2.24) is 24.8 Å². The van der Waals surface area contributed by atoms with Gasteiger partial charge < -0.3 is 5.32 Å². The van der Waals surface area contributed by atoms with E-state index < -0.39 is 0 Å². The lowest BCUT2D eigenvalue weighted by atomic mass is 10.0. The standard InChI is InChI=1S/C21H24BrN5O.C2H6/c22-17-6-7-19-24-25-20(27(19)15-17)8-9-21(28)23-18-10-12-26(13-11-18)14-16-4-2-1-3-5-16;1-2/h1-7,15,18H,8-14H2,(H,23,28);1-2H3. The number of fused-ring (bicyclic) bond motifs is 1. The molecule has 6 nitrogen and oxygen atoms in total. The van der Waals surface area contributed by atoms with Crippen molar-refractivity contribution in [1.29, 1.82) is 0 Å². The van der Waals surface area contributed by atoms with E-state index in [2.05, 4.69) is 60.6 Å². The highest BCUT2D eigenvalue weighted by atomic mass is 79.9. The molecule has 0 bridgehead atoms. The summed E-state index contributed by atoms with van der Waals surface area (Å²) in [7, 11) is 0. The highest BCUT2D eigenvalue weighted by Crippen LogP contribution is 2.15. The van der Waals surface area contributed by atoms with Crippen LogP contribution in [0.2, 0.25) is 0 Å².